The number of piperidine rings is 1. The van der Waals surface area contributed by atoms with E-state index < -0.39 is 0 Å². The zero-order chi connectivity index (χ0) is 8.81. The predicted octanol–water partition coefficient (Wildman–Crippen LogP) is 0.584. The molecule has 3 nitrogen and oxygen atoms in total. The van der Waals surface area contributed by atoms with Crippen molar-refractivity contribution in [1.29, 1.82) is 5.26 Å². The van der Waals surface area contributed by atoms with Crippen molar-refractivity contribution in [1.82, 2.24) is 10.2 Å². The molecule has 0 bridgehead atoms. The SMILES string of the molecule is CN1CCCC(NCCC#N)C1. The van der Waals surface area contributed by atoms with Gasteiger partial charge in [-0.15, -0.1) is 0 Å². The van der Waals surface area contributed by atoms with Gasteiger partial charge in [0.2, 0.25) is 0 Å². The van der Waals surface area contributed by atoms with Crippen molar-refractivity contribution in [3.63, 3.8) is 0 Å². The summed E-state index contributed by atoms with van der Waals surface area (Å²) in [5, 5.41) is 11.7. The number of likely N-dealkylation sites (tertiary alicyclic amines) is 1. The van der Waals surface area contributed by atoms with Gasteiger partial charge in [0.05, 0.1) is 6.07 Å². The van der Waals surface area contributed by atoms with Gasteiger partial charge in [0.25, 0.3) is 0 Å². The minimum absolute atomic E-state index is 0.608. The highest BCUT2D eigenvalue weighted by Crippen LogP contribution is 2.07. The van der Waals surface area contributed by atoms with Crippen molar-refractivity contribution in [2.24, 2.45) is 0 Å². The summed E-state index contributed by atoms with van der Waals surface area (Å²) >= 11 is 0. The summed E-state index contributed by atoms with van der Waals surface area (Å²) in [6, 6.07) is 2.75. The molecule has 68 valence electrons. The maximum atomic E-state index is 8.35. The molecular weight excluding hydrogens is 150 g/mol. The lowest BCUT2D eigenvalue weighted by molar-refractivity contribution is 0.228. The topological polar surface area (TPSA) is 39.1 Å². The standard InChI is InChI=1S/C9H17N3/c1-12-7-2-4-9(8-12)11-6-3-5-10/h9,11H,2-4,6-8H2,1H3. The van der Waals surface area contributed by atoms with Gasteiger partial charge < -0.3 is 10.2 Å². The van der Waals surface area contributed by atoms with Crippen molar-refractivity contribution in [2.75, 3.05) is 26.7 Å². The summed E-state index contributed by atoms with van der Waals surface area (Å²) in [4.78, 5) is 2.34. The first kappa shape index (κ1) is 9.50. The Hall–Kier alpha value is -0.590. The molecule has 1 unspecified atom stereocenters. The quantitative estimate of drug-likeness (QED) is 0.625. The first-order chi connectivity index (χ1) is 5.83. The van der Waals surface area contributed by atoms with E-state index in [-0.39, 0.29) is 0 Å². The van der Waals surface area contributed by atoms with Crippen molar-refractivity contribution in [3.05, 3.63) is 0 Å². The highest BCUT2D eigenvalue weighted by atomic mass is 15.1. The van der Waals surface area contributed by atoms with Crippen molar-refractivity contribution < 1.29 is 0 Å². The number of likely N-dealkylation sites (N-methyl/N-ethyl adjacent to an activating group) is 1. The Labute approximate surface area is 74.4 Å². The van der Waals surface area contributed by atoms with E-state index >= 15 is 0 Å². The van der Waals surface area contributed by atoms with Crippen LogP contribution in [0.3, 0.4) is 0 Å². The van der Waals surface area contributed by atoms with Crippen LogP contribution in [0.25, 0.3) is 0 Å². The lowest BCUT2D eigenvalue weighted by Gasteiger charge is -2.30. The number of nitriles is 1. The van der Waals surface area contributed by atoms with Gasteiger partial charge in [-0.25, -0.2) is 0 Å². The molecule has 3 heteroatoms. The molecule has 1 N–H and O–H groups in total. The van der Waals surface area contributed by atoms with E-state index in [9.17, 15) is 0 Å². The van der Waals surface area contributed by atoms with Crippen LogP contribution in [0.2, 0.25) is 0 Å². The van der Waals surface area contributed by atoms with Gasteiger partial charge in [-0.2, -0.15) is 5.26 Å². The Bertz CT molecular complexity index is 162. The highest BCUT2D eigenvalue weighted by Gasteiger charge is 2.15. The van der Waals surface area contributed by atoms with Gasteiger partial charge in [-0.1, -0.05) is 0 Å². The molecule has 1 aliphatic heterocycles. The second-order valence-electron chi connectivity index (χ2n) is 3.46. The molecule has 1 fully saturated rings. The molecule has 1 rings (SSSR count). The monoisotopic (exact) mass is 167 g/mol. The smallest absolute Gasteiger partial charge is 0.0635 e. The first-order valence-corrected chi connectivity index (χ1v) is 4.62. The number of nitrogens with one attached hydrogen (secondary N) is 1. The van der Waals surface area contributed by atoms with Gasteiger partial charge in [0.15, 0.2) is 0 Å². The van der Waals surface area contributed by atoms with Crippen molar-refractivity contribution >= 4 is 0 Å². The van der Waals surface area contributed by atoms with Crippen molar-refractivity contribution in [3.8, 4) is 6.07 Å². The second kappa shape index (κ2) is 5.13. The van der Waals surface area contributed by atoms with Gasteiger partial charge >= 0.3 is 0 Å². The Kier molecular flexibility index (Phi) is 4.06. The van der Waals surface area contributed by atoms with Crippen LogP contribution < -0.4 is 5.32 Å². The molecule has 1 saturated heterocycles. The number of hydrogen-bond donors (Lipinski definition) is 1. The molecule has 0 amide bonds. The molecule has 1 atom stereocenters. The average molecular weight is 167 g/mol. The van der Waals surface area contributed by atoms with Gasteiger partial charge in [0, 0.05) is 25.6 Å². The van der Waals surface area contributed by atoms with Crippen LogP contribution in [0.4, 0.5) is 0 Å². The van der Waals surface area contributed by atoms with Crippen LogP contribution in [-0.2, 0) is 0 Å². The zero-order valence-electron chi connectivity index (χ0n) is 7.71. The van der Waals surface area contributed by atoms with E-state index in [1.54, 1.807) is 0 Å². The van der Waals surface area contributed by atoms with Crippen molar-refractivity contribution in [2.45, 2.75) is 25.3 Å². The summed E-state index contributed by atoms with van der Waals surface area (Å²) < 4.78 is 0. The molecule has 0 aromatic heterocycles. The maximum Gasteiger partial charge on any atom is 0.0635 e. The second-order valence-corrected chi connectivity index (χ2v) is 3.46. The fraction of sp³-hybridized carbons (Fsp3) is 0.889. The number of hydrogen-bond acceptors (Lipinski definition) is 3. The lowest BCUT2D eigenvalue weighted by atomic mass is 10.1. The molecule has 0 radical (unpaired) electrons. The third kappa shape index (κ3) is 3.21. The van der Waals surface area contributed by atoms with Gasteiger partial charge in [-0.3, -0.25) is 0 Å². The van der Waals surface area contributed by atoms with Crippen LogP contribution in [0, 0.1) is 11.3 Å². The Morgan fingerprint density at radius 2 is 2.50 bits per heavy atom. The van der Waals surface area contributed by atoms with Crippen LogP contribution in [0.5, 0.6) is 0 Å². The highest BCUT2D eigenvalue weighted by molar-refractivity contribution is 4.78. The van der Waals surface area contributed by atoms with E-state index in [4.69, 9.17) is 5.26 Å². The summed E-state index contributed by atoms with van der Waals surface area (Å²) in [6.07, 6.45) is 3.16. The minimum atomic E-state index is 0.608. The average Bonchev–Trinajstić information content (AvgIpc) is 2.05. The molecule has 0 aromatic carbocycles. The Morgan fingerprint density at radius 3 is 3.17 bits per heavy atom. The molecule has 0 spiro atoms. The van der Waals surface area contributed by atoms with E-state index in [0.717, 1.165) is 13.1 Å². The third-order valence-electron chi connectivity index (χ3n) is 2.29. The van der Waals surface area contributed by atoms with E-state index in [2.05, 4.69) is 23.3 Å². The van der Waals surface area contributed by atoms with Crippen LogP contribution in [0.15, 0.2) is 0 Å². The summed E-state index contributed by atoms with van der Waals surface area (Å²) in [6.45, 7) is 3.19. The normalized spacial score (nSPS) is 25.2. The summed E-state index contributed by atoms with van der Waals surface area (Å²) in [7, 11) is 2.15. The first-order valence-electron chi connectivity index (χ1n) is 4.62. The molecule has 12 heavy (non-hydrogen) atoms. The lowest BCUT2D eigenvalue weighted by Crippen LogP contribution is -2.44. The molecule has 1 heterocycles. The molecule has 1 aliphatic rings. The van der Waals surface area contributed by atoms with Crippen LogP contribution in [0.1, 0.15) is 19.3 Å². The van der Waals surface area contributed by atoms with E-state index in [1.165, 1.54) is 19.4 Å². The number of nitrogens with zero attached hydrogens (tertiary/aromatic N) is 2. The van der Waals surface area contributed by atoms with Crippen LogP contribution >= 0.6 is 0 Å². The fourth-order valence-corrected chi connectivity index (χ4v) is 1.67. The summed E-state index contributed by atoms with van der Waals surface area (Å²) in [5.74, 6) is 0. The van der Waals surface area contributed by atoms with Crippen LogP contribution in [-0.4, -0.2) is 37.6 Å². The van der Waals surface area contributed by atoms with Gasteiger partial charge in [0.1, 0.15) is 0 Å². The fourth-order valence-electron chi connectivity index (χ4n) is 1.67. The maximum absolute atomic E-state index is 8.35. The molecule has 0 aliphatic carbocycles. The molecule has 0 aromatic rings. The predicted molar refractivity (Wildman–Crippen MR) is 48.8 cm³/mol. The Balaban J connectivity index is 2.11. The summed E-state index contributed by atoms with van der Waals surface area (Å²) in [5.41, 5.74) is 0. The third-order valence-corrected chi connectivity index (χ3v) is 2.29. The molecular formula is C9H17N3. The minimum Gasteiger partial charge on any atom is -0.312 e. The Morgan fingerprint density at radius 1 is 1.67 bits per heavy atom. The van der Waals surface area contributed by atoms with E-state index in [1.807, 2.05) is 0 Å². The molecule has 0 saturated carbocycles. The zero-order valence-corrected chi connectivity index (χ0v) is 7.71. The van der Waals surface area contributed by atoms with E-state index in [0.29, 0.717) is 12.5 Å². The van der Waals surface area contributed by atoms with Gasteiger partial charge in [-0.05, 0) is 26.4 Å². The largest absolute Gasteiger partial charge is 0.312 e. The number of rotatable bonds is 3.